The van der Waals surface area contributed by atoms with Gasteiger partial charge in [-0.2, -0.15) is 16.8 Å². The van der Waals surface area contributed by atoms with E-state index in [-0.39, 0.29) is 9.79 Å². The molecule has 0 unspecified atom stereocenters. The van der Waals surface area contributed by atoms with Crippen molar-refractivity contribution in [1.82, 2.24) is 0 Å². The molecule has 2 N–H and O–H groups in total. The molecular formula is C16H14O6S2. The van der Waals surface area contributed by atoms with Gasteiger partial charge in [-0.3, -0.25) is 9.11 Å². The summed E-state index contributed by atoms with van der Waals surface area (Å²) in [7, 11) is -8.10. The standard InChI is InChI=1S/C10H8O3S.C6H6O3S/c11-14(12,13)10-6-5-8-3-1-2-4-9(8)7-10;7-10(8,9)6-4-2-1-3-5-6/h1-7H,(H,11,12,13);1-5H,(H,7,8,9). The molecule has 126 valence electrons. The first-order chi connectivity index (χ1) is 11.2. The molecule has 0 spiro atoms. The van der Waals surface area contributed by atoms with Crippen LogP contribution < -0.4 is 0 Å². The second-order valence-electron chi connectivity index (χ2n) is 4.77. The quantitative estimate of drug-likeness (QED) is 0.675. The van der Waals surface area contributed by atoms with Gasteiger partial charge in [0, 0.05) is 0 Å². The molecule has 0 saturated heterocycles. The van der Waals surface area contributed by atoms with E-state index in [0.29, 0.717) is 0 Å². The van der Waals surface area contributed by atoms with Crippen molar-refractivity contribution in [1.29, 1.82) is 0 Å². The molecule has 0 aromatic heterocycles. The summed E-state index contributed by atoms with van der Waals surface area (Å²) < 4.78 is 59.7. The first kappa shape index (κ1) is 18.1. The lowest BCUT2D eigenvalue weighted by Crippen LogP contribution is -1.97. The van der Waals surface area contributed by atoms with Gasteiger partial charge in [0.15, 0.2) is 0 Å². The highest BCUT2D eigenvalue weighted by Crippen LogP contribution is 2.18. The molecular weight excluding hydrogens is 352 g/mol. The van der Waals surface area contributed by atoms with Crippen molar-refractivity contribution in [2.24, 2.45) is 0 Å². The van der Waals surface area contributed by atoms with Crippen molar-refractivity contribution in [2.45, 2.75) is 9.79 Å². The van der Waals surface area contributed by atoms with E-state index < -0.39 is 20.2 Å². The summed E-state index contributed by atoms with van der Waals surface area (Å²) in [6, 6.07) is 19.3. The average molecular weight is 366 g/mol. The Balaban J connectivity index is 0.000000185. The average Bonchev–Trinajstić information content (AvgIpc) is 2.54. The summed E-state index contributed by atoms with van der Waals surface area (Å²) in [5.41, 5.74) is 0. The van der Waals surface area contributed by atoms with E-state index in [1.165, 1.54) is 24.3 Å². The van der Waals surface area contributed by atoms with E-state index in [1.807, 2.05) is 18.2 Å². The van der Waals surface area contributed by atoms with Crippen molar-refractivity contribution in [3.63, 3.8) is 0 Å². The molecule has 24 heavy (non-hydrogen) atoms. The third-order valence-corrected chi connectivity index (χ3v) is 4.78. The minimum atomic E-state index is -4.09. The Hall–Kier alpha value is -2.26. The monoisotopic (exact) mass is 366 g/mol. The minimum Gasteiger partial charge on any atom is -0.282 e. The maximum absolute atomic E-state index is 10.8. The van der Waals surface area contributed by atoms with Crippen LogP contribution in [-0.4, -0.2) is 25.9 Å². The molecule has 3 rings (SSSR count). The molecule has 0 atom stereocenters. The van der Waals surface area contributed by atoms with E-state index in [1.54, 1.807) is 30.3 Å². The summed E-state index contributed by atoms with van der Waals surface area (Å²) in [6.07, 6.45) is 0. The number of fused-ring (bicyclic) bond motifs is 1. The molecule has 6 nitrogen and oxygen atoms in total. The third kappa shape index (κ3) is 4.87. The van der Waals surface area contributed by atoms with Gasteiger partial charge in [0.1, 0.15) is 0 Å². The van der Waals surface area contributed by atoms with Gasteiger partial charge in [0.25, 0.3) is 20.2 Å². The highest BCUT2D eigenvalue weighted by atomic mass is 32.2. The first-order valence-corrected chi connectivity index (χ1v) is 9.55. The van der Waals surface area contributed by atoms with E-state index in [2.05, 4.69) is 0 Å². The van der Waals surface area contributed by atoms with Gasteiger partial charge >= 0.3 is 0 Å². The van der Waals surface area contributed by atoms with Gasteiger partial charge in [-0.15, -0.1) is 0 Å². The summed E-state index contributed by atoms with van der Waals surface area (Å²) in [5, 5.41) is 1.74. The van der Waals surface area contributed by atoms with Crippen molar-refractivity contribution in [3.8, 4) is 0 Å². The Morgan fingerprint density at radius 1 is 0.542 bits per heavy atom. The maximum Gasteiger partial charge on any atom is 0.294 e. The molecule has 3 aromatic carbocycles. The van der Waals surface area contributed by atoms with Crippen LogP contribution in [0.2, 0.25) is 0 Å². The van der Waals surface area contributed by atoms with Gasteiger partial charge in [-0.1, -0.05) is 48.5 Å². The molecule has 3 aromatic rings. The smallest absolute Gasteiger partial charge is 0.282 e. The lowest BCUT2D eigenvalue weighted by Gasteiger charge is -1.99. The van der Waals surface area contributed by atoms with Gasteiger partial charge in [-0.25, -0.2) is 0 Å². The third-order valence-electron chi connectivity index (χ3n) is 3.06. The SMILES string of the molecule is O=S(=O)(O)c1ccc2ccccc2c1.O=S(=O)(O)c1ccccc1. The van der Waals surface area contributed by atoms with Crippen LogP contribution in [0.3, 0.4) is 0 Å². The molecule has 0 heterocycles. The molecule has 0 aliphatic carbocycles. The van der Waals surface area contributed by atoms with Crippen LogP contribution in [0.4, 0.5) is 0 Å². The van der Waals surface area contributed by atoms with Crippen LogP contribution in [0.25, 0.3) is 10.8 Å². The van der Waals surface area contributed by atoms with Crippen molar-refractivity contribution < 1.29 is 25.9 Å². The van der Waals surface area contributed by atoms with Gasteiger partial charge in [0.2, 0.25) is 0 Å². The van der Waals surface area contributed by atoms with E-state index in [4.69, 9.17) is 9.11 Å². The summed E-state index contributed by atoms with van der Waals surface area (Å²) in [6.45, 7) is 0. The second kappa shape index (κ2) is 7.10. The Kier molecular flexibility index (Phi) is 5.35. The fourth-order valence-corrected chi connectivity index (χ4v) is 2.94. The molecule has 0 aliphatic rings. The van der Waals surface area contributed by atoms with Crippen molar-refractivity contribution in [2.75, 3.05) is 0 Å². The van der Waals surface area contributed by atoms with Crippen LogP contribution in [-0.2, 0) is 20.2 Å². The fraction of sp³-hybridized carbons (Fsp3) is 0. The lowest BCUT2D eigenvalue weighted by atomic mass is 10.1. The molecule has 0 radical (unpaired) electrons. The summed E-state index contributed by atoms with van der Waals surface area (Å²) in [4.78, 5) is -0.147. The van der Waals surface area contributed by atoms with Gasteiger partial charge in [-0.05, 0) is 35.0 Å². The minimum absolute atomic E-state index is 0.0730. The summed E-state index contributed by atoms with van der Waals surface area (Å²) in [5.74, 6) is 0. The zero-order valence-electron chi connectivity index (χ0n) is 12.3. The van der Waals surface area contributed by atoms with Crippen molar-refractivity contribution in [3.05, 3.63) is 72.8 Å². The number of rotatable bonds is 2. The fourth-order valence-electron chi connectivity index (χ4n) is 1.92. The zero-order chi connectivity index (χ0) is 17.8. The van der Waals surface area contributed by atoms with Crippen LogP contribution in [0, 0.1) is 0 Å². The van der Waals surface area contributed by atoms with E-state index >= 15 is 0 Å². The Bertz CT molecular complexity index is 1040. The highest BCUT2D eigenvalue weighted by molar-refractivity contribution is 7.86. The lowest BCUT2D eigenvalue weighted by molar-refractivity contribution is 0.481. The molecule has 0 saturated carbocycles. The van der Waals surface area contributed by atoms with Crippen LogP contribution in [0.1, 0.15) is 0 Å². The highest BCUT2D eigenvalue weighted by Gasteiger charge is 2.08. The molecule has 0 fully saturated rings. The van der Waals surface area contributed by atoms with Crippen molar-refractivity contribution >= 4 is 31.0 Å². The molecule has 0 bridgehead atoms. The molecule has 8 heteroatoms. The topological polar surface area (TPSA) is 109 Å². The van der Waals surface area contributed by atoms with E-state index in [0.717, 1.165) is 10.8 Å². The molecule has 0 aliphatic heterocycles. The Morgan fingerprint density at radius 2 is 1.04 bits per heavy atom. The Morgan fingerprint density at radius 3 is 1.54 bits per heavy atom. The maximum atomic E-state index is 10.8. The zero-order valence-corrected chi connectivity index (χ0v) is 13.9. The number of benzene rings is 3. The normalized spacial score (nSPS) is 11.6. The number of hydrogen-bond acceptors (Lipinski definition) is 4. The predicted octanol–water partition coefficient (Wildman–Crippen LogP) is 3.02. The van der Waals surface area contributed by atoms with Crippen LogP contribution >= 0.6 is 0 Å². The Labute approximate surface area is 139 Å². The van der Waals surface area contributed by atoms with E-state index in [9.17, 15) is 16.8 Å². The van der Waals surface area contributed by atoms with Gasteiger partial charge in [0.05, 0.1) is 9.79 Å². The predicted molar refractivity (Wildman–Crippen MR) is 90.0 cm³/mol. The van der Waals surface area contributed by atoms with Gasteiger partial charge < -0.3 is 0 Å². The largest absolute Gasteiger partial charge is 0.294 e. The number of hydrogen-bond donors (Lipinski definition) is 2. The molecule has 0 amide bonds. The van der Waals surface area contributed by atoms with Crippen LogP contribution in [0.15, 0.2) is 82.6 Å². The summed E-state index contributed by atoms with van der Waals surface area (Å²) >= 11 is 0. The van der Waals surface area contributed by atoms with Crippen LogP contribution in [0.5, 0.6) is 0 Å². The first-order valence-electron chi connectivity index (χ1n) is 6.67. The second-order valence-corrected chi connectivity index (χ2v) is 7.62.